The van der Waals surface area contributed by atoms with E-state index >= 15 is 0 Å². The van der Waals surface area contributed by atoms with E-state index in [2.05, 4.69) is 42.3 Å². The predicted molar refractivity (Wildman–Crippen MR) is 98.6 cm³/mol. The maximum atomic E-state index is 11.6. The van der Waals surface area contributed by atoms with E-state index in [1.807, 2.05) is 22.6 Å². The Kier molecular flexibility index (Phi) is 14.4. The first kappa shape index (κ1) is 23.7. The molecule has 1 aromatic rings. The Hall–Kier alpha value is 0.720. The van der Waals surface area contributed by atoms with Crippen LogP contribution in [-0.4, -0.2) is 26.8 Å². The molecule has 0 heterocycles. The monoisotopic (exact) mass is 572 g/mol. The van der Waals surface area contributed by atoms with Crippen molar-refractivity contribution >= 4 is 86.5 Å². The van der Waals surface area contributed by atoms with Crippen LogP contribution in [0.15, 0.2) is 28.1 Å². The van der Waals surface area contributed by atoms with Crippen LogP contribution in [0, 0.1) is 0 Å². The minimum absolute atomic E-state index is 0. The summed E-state index contributed by atoms with van der Waals surface area (Å²) in [6, 6.07) is 4.83. The molecule has 0 bridgehead atoms. The molecule has 0 aromatic heterocycles. The first-order chi connectivity index (χ1) is 10.6. The van der Waals surface area contributed by atoms with Crippen LogP contribution in [-0.2, 0) is 19.0 Å². The summed E-state index contributed by atoms with van der Waals surface area (Å²) in [7, 11) is 0. The average molecular weight is 572 g/mol. The van der Waals surface area contributed by atoms with Gasteiger partial charge in [0.25, 0.3) is 0 Å². The van der Waals surface area contributed by atoms with Crippen LogP contribution in [0.1, 0.15) is 6.42 Å². The van der Waals surface area contributed by atoms with E-state index in [4.69, 9.17) is 0 Å². The number of carbonyl (C=O) groups excluding carboxylic acids is 2. The number of halogens is 2. The molecule has 1 N–H and O–H groups in total. The first-order valence-electron chi connectivity index (χ1n) is 5.86. The largest absolute Gasteiger partial charge is 1.00 e. The van der Waals surface area contributed by atoms with Gasteiger partial charge in [-0.25, -0.2) is 0 Å². The second-order valence-electron chi connectivity index (χ2n) is 3.75. The van der Waals surface area contributed by atoms with Crippen LogP contribution < -0.4 is 40.1 Å². The van der Waals surface area contributed by atoms with Crippen molar-refractivity contribution in [3.8, 4) is 0 Å². The molecule has 0 aliphatic carbocycles. The number of carbonyl (C=O) groups is 2. The van der Waals surface area contributed by atoms with Crippen LogP contribution in [0.25, 0.3) is 0 Å². The second-order valence-corrected chi connectivity index (χ2v) is 6.33. The summed E-state index contributed by atoms with van der Waals surface area (Å²) in [6.45, 7) is 0. The molecule has 11 heteroatoms. The van der Waals surface area contributed by atoms with Crippen LogP contribution in [0.5, 0.6) is 0 Å². The van der Waals surface area contributed by atoms with Gasteiger partial charge in [-0.1, -0.05) is 45.2 Å². The summed E-state index contributed by atoms with van der Waals surface area (Å²) in [5, 5.41) is 16.0. The number of ketones is 1. The van der Waals surface area contributed by atoms with E-state index in [-0.39, 0.29) is 41.2 Å². The number of aliphatic imine (C=N–C) groups is 1. The second kappa shape index (κ2) is 13.9. The molecule has 0 spiro atoms. The van der Waals surface area contributed by atoms with Crippen LogP contribution >= 0.6 is 57.2 Å². The van der Waals surface area contributed by atoms with E-state index in [0.29, 0.717) is 43.6 Å². The number of alkyl halides is 2. The molecule has 120 valence electrons. The van der Waals surface area contributed by atoms with E-state index in [9.17, 15) is 14.8 Å². The molecule has 7 nitrogen and oxygen atoms in total. The number of hydrogen-bond donors (Lipinski definition) is 1. The van der Waals surface area contributed by atoms with E-state index < -0.39 is 0 Å². The normalized spacial score (nSPS) is 10.4. The van der Waals surface area contributed by atoms with Crippen molar-refractivity contribution < 1.29 is 53.8 Å². The molecular formula is C12H11I2N2NaO5S. The van der Waals surface area contributed by atoms with Gasteiger partial charge in [-0.2, -0.15) is 4.33 Å². The Morgan fingerprint density at radius 1 is 1.39 bits per heavy atom. The average Bonchev–Trinajstić information content (AvgIpc) is 2.51. The van der Waals surface area contributed by atoms with E-state index in [1.54, 1.807) is 18.2 Å². The van der Waals surface area contributed by atoms with Crippen molar-refractivity contribution in [2.75, 3.05) is 14.2 Å². The van der Waals surface area contributed by atoms with Crippen molar-refractivity contribution in [2.24, 2.45) is 4.99 Å². The van der Waals surface area contributed by atoms with Gasteiger partial charge in [0.1, 0.15) is 0 Å². The van der Waals surface area contributed by atoms with E-state index in [0.717, 1.165) is 0 Å². The number of amides is 1. The smallest absolute Gasteiger partial charge is 0.691 e. The minimum Gasteiger partial charge on any atom is -0.691 e. The molecule has 1 aromatic carbocycles. The summed E-state index contributed by atoms with van der Waals surface area (Å²) in [4.78, 5) is 27.3. The van der Waals surface area contributed by atoms with Gasteiger partial charge in [-0.3, -0.25) is 19.6 Å². The molecule has 0 atom stereocenters. The predicted octanol–water partition coefficient (Wildman–Crippen LogP) is -0.609. The fourth-order valence-electron chi connectivity index (χ4n) is 1.30. The van der Waals surface area contributed by atoms with Crippen molar-refractivity contribution in [1.82, 2.24) is 0 Å². The summed E-state index contributed by atoms with van der Waals surface area (Å²) >= 11 is 4.69. The standard InChI is InChI=1S/C12H12I2N2O5S.Na/c13-4-3-12(18)16-8-1-2-10(15-7-9(17)6-14)11(5-8)22-21-20-19;/h1-2,5,7,19H,3-4,6H2,(H,16,18);/q;+1/p-1. The van der Waals surface area contributed by atoms with Gasteiger partial charge in [-0.15, -0.1) is 0 Å². The van der Waals surface area contributed by atoms with Crippen LogP contribution in [0.4, 0.5) is 11.4 Å². The van der Waals surface area contributed by atoms with Crippen molar-refractivity contribution in [1.29, 1.82) is 0 Å². The maximum Gasteiger partial charge on any atom is 1.00 e. The topological polar surface area (TPSA) is 100 Å². The fraction of sp³-hybridized carbons (Fsp3) is 0.250. The van der Waals surface area contributed by atoms with Crippen molar-refractivity contribution in [3.63, 3.8) is 0 Å². The molecule has 0 saturated heterocycles. The molecule has 0 unspecified atom stereocenters. The Morgan fingerprint density at radius 3 is 2.74 bits per heavy atom. The zero-order valence-corrected chi connectivity index (χ0v) is 19.2. The third-order valence-corrected chi connectivity index (χ3v) is 4.12. The molecule has 0 aliphatic rings. The van der Waals surface area contributed by atoms with Gasteiger partial charge in [0, 0.05) is 16.5 Å². The Labute approximate surface area is 187 Å². The zero-order chi connectivity index (χ0) is 16.4. The molecule has 0 aliphatic heterocycles. The third-order valence-electron chi connectivity index (χ3n) is 2.20. The van der Waals surface area contributed by atoms with Crippen LogP contribution in [0.2, 0.25) is 0 Å². The SMILES string of the molecule is O=C(C=Nc1ccc(NC(=O)CCI)cc1SOO[O-])CI.[Na+]. The summed E-state index contributed by atoms with van der Waals surface area (Å²) < 4.78 is 5.31. The van der Waals surface area contributed by atoms with Crippen LogP contribution in [0.3, 0.4) is 0 Å². The minimum atomic E-state index is -0.142. The molecule has 0 saturated carbocycles. The number of rotatable bonds is 9. The molecular weight excluding hydrogens is 561 g/mol. The van der Waals surface area contributed by atoms with Gasteiger partial charge < -0.3 is 10.6 Å². The fourth-order valence-corrected chi connectivity index (χ4v) is 2.47. The Morgan fingerprint density at radius 2 is 2.13 bits per heavy atom. The number of nitrogens with one attached hydrogen (secondary N) is 1. The van der Waals surface area contributed by atoms with Gasteiger partial charge in [0.2, 0.25) is 5.91 Å². The quantitative estimate of drug-likeness (QED) is 0.0808. The molecule has 1 amide bonds. The zero-order valence-electron chi connectivity index (χ0n) is 12.1. The number of Topliss-reactive ketones (excluding diaryl/α,β-unsaturated/α-hetero) is 1. The number of benzene rings is 1. The molecule has 1 rings (SSSR count). The summed E-state index contributed by atoms with van der Waals surface area (Å²) in [6.07, 6.45) is 1.59. The molecule has 0 fully saturated rings. The summed E-state index contributed by atoms with van der Waals surface area (Å²) in [5.41, 5.74) is 0.957. The van der Waals surface area contributed by atoms with Gasteiger partial charge >= 0.3 is 29.6 Å². The third kappa shape index (κ3) is 9.69. The first-order valence-corrected chi connectivity index (χ1v) is 9.66. The molecule has 0 radical (unpaired) electrons. The van der Waals surface area contributed by atoms with Gasteiger partial charge in [0.05, 0.1) is 33.3 Å². The van der Waals surface area contributed by atoms with E-state index in [1.165, 1.54) is 6.21 Å². The Balaban J connectivity index is 0.00000484. The number of nitrogens with zero attached hydrogens (tertiary/aromatic N) is 1. The molecule has 23 heavy (non-hydrogen) atoms. The van der Waals surface area contributed by atoms with Crippen molar-refractivity contribution in [2.45, 2.75) is 11.3 Å². The Bertz CT molecular complexity index is 562. The number of anilines is 1. The van der Waals surface area contributed by atoms with Gasteiger partial charge in [-0.05, 0) is 18.2 Å². The number of hydrogen-bond acceptors (Lipinski definition) is 7. The maximum absolute atomic E-state index is 11.6. The van der Waals surface area contributed by atoms with Crippen molar-refractivity contribution in [3.05, 3.63) is 18.2 Å². The van der Waals surface area contributed by atoms with Gasteiger partial charge in [0.15, 0.2) is 5.78 Å². The summed E-state index contributed by atoms with van der Waals surface area (Å²) in [5.74, 6) is -0.264.